The zero-order chi connectivity index (χ0) is 27.0. The summed E-state index contributed by atoms with van der Waals surface area (Å²) in [7, 11) is 0. The number of esters is 1. The Morgan fingerprint density at radius 3 is 2.00 bits per heavy atom. The van der Waals surface area contributed by atoms with Crippen molar-refractivity contribution in [3.8, 4) is 0 Å². The Bertz CT molecular complexity index is 835. The number of aliphatic carboxylic acids is 1. The number of likely N-dealkylation sites (tertiary alicyclic amines) is 1. The van der Waals surface area contributed by atoms with Crippen LogP contribution in [0.3, 0.4) is 0 Å². The Balaban J connectivity index is 2.43. The molecule has 0 aromatic carbocycles. The zero-order valence-corrected chi connectivity index (χ0v) is 22.9. The summed E-state index contributed by atoms with van der Waals surface area (Å²) >= 11 is 0. The maximum absolute atomic E-state index is 13.9. The predicted octanol–water partition coefficient (Wildman–Crippen LogP) is 2.89. The third kappa shape index (κ3) is 6.88. The van der Waals surface area contributed by atoms with Gasteiger partial charge >= 0.3 is 12.1 Å². The number of rotatable bonds is 6. The van der Waals surface area contributed by atoms with E-state index in [1.165, 1.54) is 18.7 Å². The van der Waals surface area contributed by atoms with Crippen molar-refractivity contribution in [2.75, 3.05) is 13.2 Å². The lowest BCUT2D eigenvalue weighted by molar-refractivity contribution is -0.316. The number of carbonyl (C=O) groups is 4. The molecule has 1 saturated heterocycles. The number of amides is 2. The van der Waals surface area contributed by atoms with Crippen molar-refractivity contribution < 1.29 is 33.8 Å². The average Bonchev–Trinajstić information content (AvgIpc) is 3.05. The van der Waals surface area contributed by atoms with Gasteiger partial charge in [-0.15, -0.1) is 0 Å². The van der Waals surface area contributed by atoms with Crippen LogP contribution in [0.25, 0.3) is 0 Å². The molecule has 0 N–H and O–H groups in total. The summed E-state index contributed by atoms with van der Waals surface area (Å²) in [5, 5.41) is 12.3. The molecule has 1 aliphatic heterocycles. The van der Waals surface area contributed by atoms with Gasteiger partial charge in [0.1, 0.15) is 12.2 Å². The highest BCUT2D eigenvalue weighted by Crippen LogP contribution is 2.42. The van der Waals surface area contributed by atoms with Gasteiger partial charge in [0.25, 0.3) is 0 Å². The van der Waals surface area contributed by atoms with E-state index in [1.54, 1.807) is 39.5 Å². The monoisotopic (exact) mass is 495 g/mol. The number of ether oxygens (including phenoxy) is 2. The maximum atomic E-state index is 13.9. The number of carboxylic acids is 1. The van der Waals surface area contributed by atoms with Gasteiger partial charge in [-0.05, 0) is 79.1 Å². The van der Waals surface area contributed by atoms with Crippen molar-refractivity contribution >= 4 is 23.9 Å². The van der Waals surface area contributed by atoms with E-state index in [1.807, 2.05) is 0 Å². The van der Waals surface area contributed by atoms with Crippen molar-refractivity contribution in [1.82, 2.24) is 9.80 Å². The van der Waals surface area contributed by atoms with Crippen molar-refractivity contribution in [1.29, 1.82) is 0 Å². The molecular weight excluding hydrogens is 452 g/mol. The van der Waals surface area contributed by atoms with Gasteiger partial charge in [0.15, 0.2) is 0 Å². The van der Waals surface area contributed by atoms with Gasteiger partial charge in [-0.2, -0.15) is 0 Å². The molecule has 2 aliphatic rings. The van der Waals surface area contributed by atoms with E-state index in [-0.39, 0.29) is 36.9 Å². The fourth-order valence-corrected chi connectivity index (χ4v) is 5.00. The van der Waals surface area contributed by atoms with Gasteiger partial charge in [0.05, 0.1) is 23.0 Å². The number of carbonyl (C=O) groups excluding carboxylic acids is 4. The summed E-state index contributed by atoms with van der Waals surface area (Å²) in [5.41, 5.74) is -3.29. The minimum atomic E-state index is -1.63. The van der Waals surface area contributed by atoms with Gasteiger partial charge in [0.2, 0.25) is 5.91 Å². The number of nitrogens with zero attached hydrogens (tertiary/aromatic N) is 2. The van der Waals surface area contributed by atoms with Crippen molar-refractivity contribution in [3.63, 3.8) is 0 Å². The van der Waals surface area contributed by atoms with Crippen LogP contribution in [0.15, 0.2) is 0 Å². The summed E-state index contributed by atoms with van der Waals surface area (Å²) in [6.07, 6.45) is 2.67. The Morgan fingerprint density at radius 2 is 1.54 bits per heavy atom. The Morgan fingerprint density at radius 1 is 1.00 bits per heavy atom. The SMILES string of the molecule is CC(=O)OCC(C)(C)C(=O)N(C1CCC(C)(C)CC1)[C@@H]1CN(C(=O)OC(C)(C)C)[C@](C)(C(=O)[O-])C1. The first-order valence-electron chi connectivity index (χ1n) is 12.5. The molecule has 35 heavy (non-hydrogen) atoms. The first-order chi connectivity index (χ1) is 15.8. The number of hydrogen-bond acceptors (Lipinski definition) is 7. The fraction of sp³-hybridized carbons (Fsp3) is 0.846. The molecule has 0 bridgehead atoms. The van der Waals surface area contributed by atoms with Crippen LogP contribution in [0, 0.1) is 10.8 Å². The van der Waals surface area contributed by atoms with Crippen LogP contribution in [0.5, 0.6) is 0 Å². The highest BCUT2D eigenvalue weighted by molar-refractivity contribution is 5.86. The molecule has 1 heterocycles. The van der Waals surface area contributed by atoms with Crippen LogP contribution >= 0.6 is 0 Å². The van der Waals surface area contributed by atoms with Crippen LogP contribution in [0.1, 0.15) is 94.4 Å². The maximum Gasteiger partial charge on any atom is 0.411 e. The Labute approximate surface area is 209 Å². The molecule has 2 atom stereocenters. The van der Waals surface area contributed by atoms with Gasteiger partial charge in [-0.3, -0.25) is 14.5 Å². The predicted molar refractivity (Wildman–Crippen MR) is 128 cm³/mol. The topological polar surface area (TPSA) is 116 Å². The van der Waals surface area contributed by atoms with Gasteiger partial charge in [0, 0.05) is 19.5 Å². The minimum absolute atomic E-state index is 0.0225. The summed E-state index contributed by atoms with van der Waals surface area (Å²) in [4.78, 5) is 53.6. The first kappa shape index (κ1) is 28.9. The summed E-state index contributed by atoms with van der Waals surface area (Å²) in [6.45, 7) is 15.7. The lowest BCUT2D eigenvalue weighted by Crippen LogP contribution is -2.57. The lowest BCUT2D eigenvalue weighted by Gasteiger charge is -2.45. The quantitative estimate of drug-likeness (QED) is 0.520. The standard InChI is InChI=1S/C26H44N2O7/c1-17(29)34-16-25(7,8)20(30)28(18-10-12-24(5,6)13-11-18)19-14-26(9,21(31)32)27(15-19)22(33)35-23(2,3)4/h18-19H,10-16H2,1-9H3,(H,31,32)/p-1/t19-,26-/m0/s1. The molecule has 0 aromatic heterocycles. The Kier molecular flexibility index (Phi) is 8.24. The second-order valence-electron chi connectivity index (χ2n) is 12.8. The molecule has 9 nitrogen and oxygen atoms in total. The third-order valence-electron chi connectivity index (χ3n) is 7.22. The molecule has 2 amide bonds. The van der Waals surface area contributed by atoms with Crippen LogP contribution < -0.4 is 5.11 Å². The average molecular weight is 496 g/mol. The largest absolute Gasteiger partial charge is 0.548 e. The summed E-state index contributed by atoms with van der Waals surface area (Å²) in [5.74, 6) is -2.08. The first-order valence-corrected chi connectivity index (χ1v) is 12.5. The van der Waals surface area contributed by atoms with Gasteiger partial charge in [-0.25, -0.2) is 4.79 Å². The smallest absolute Gasteiger partial charge is 0.411 e. The third-order valence-corrected chi connectivity index (χ3v) is 7.22. The second kappa shape index (κ2) is 9.97. The lowest BCUT2D eigenvalue weighted by atomic mass is 9.74. The number of carboxylic acid groups (broad SMARTS) is 1. The van der Waals surface area contributed by atoms with Crippen molar-refractivity contribution in [2.45, 2.75) is 118 Å². The van der Waals surface area contributed by atoms with E-state index in [2.05, 4.69) is 13.8 Å². The summed E-state index contributed by atoms with van der Waals surface area (Å²) in [6, 6.07) is -0.651. The van der Waals surface area contributed by atoms with Crippen molar-refractivity contribution in [3.05, 3.63) is 0 Å². The minimum Gasteiger partial charge on any atom is -0.548 e. The fourth-order valence-electron chi connectivity index (χ4n) is 5.00. The number of hydrogen-bond donors (Lipinski definition) is 0. The van der Waals surface area contributed by atoms with E-state index in [0.717, 1.165) is 25.7 Å². The summed E-state index contributed by atoms with van der Waals surface area (Å²) < 4.78 is 10.7. The van der Waals surface area contributed by atoms with E-state index >= 15 is 0 Å². The highest BCUT2D eigenvalue weighted by Gasteiger charge is 2.52. The molecule has 1 saturated carbocycles. The molecule has 0 aromatic rings. The highest BCUT2D eigenvalue weighted by atomic mass is 16.6. The molecule has 0 radical (unpaired) electrons. The molecule has 0 unspecified atom stereocenters. The van der Waals surface area contributed by atoms with Crippen LogP contribution in [0.2, 0.25) is 0 Å². The molecular formula is C26H43N2O7-. The molecule has 2 fully saturated rings. The molecule has 2 rings (SSSR count). The van der Waals surface area contributed by atoms with Crippen LogP contribution in [-0.2, 0) is 23.9 Å². The van der Waals surface area contributed by atoms with E-state index in [4.69, 9.17) is 9.47 Å². The van der Waals surface area contributed by atoms with Gasteiger partial charge < -0.3 is 24.3 Å². The normalized spacial score (nSPS) is 25.2. The Hall–Kier alpha value is -2.32. The van der Waals surface area contributed by atoms with Crippen LogP contribution in [0.4, 0.5) is 4.79 Å². The second-order valence-corrected chi connectivity index (χ2v) is 12.8. The zero-order valence-electron chi connectivity index (χ0n) is 22.9. The van der Waals surface area contributed by atoms with Gasteiger partial charge in [-0.1, -0.05) is 13.8 Å². The van der Waals surface area contributed by atoms with Crippen molar-refractivity contribution in [2.24, 2.45) is 10.8 Å². The molecule has 9 heteroatoms. The van der Waals surface area contributed by atoms with E-state index < -0.39 is 40.6 Å². The molecule has 200 valence electrons. The molecule has 1 aliphatic carbocycles. The van der Waals surface area contributed by atoms with E-state index in [0.29, 0.717) is 0 Å². The van der Waals surface area contributed by atoms with Crippen LogP contribution in [-0.4, -0.2) is 70.1 Å². The molecule has 0 spiro atoms. The van der Waals surface area contributed by atoms with E-state index in [9.17, 15) is 24.3 Å².